The van der Waals surface area contributed by atoms with Gasteiger partial charge in [-0.1, -0.05) is 12.1 Å². The number of H-pyrrole nitrogens is 1. The molecule has 5 rings (SSSR count). The van der Waals surface area contributed by atoms with E-state index in [1.54, 1.807) is 23.5 Å². The molecule has 0 aliphatic rings. The SMILES string of the molecule is O=c1c2c(Cc3cccs3)n[nH]c2c2cccnc2n1-c1cccc(OC(F)(F)F)c1. The van der Waals surface area contributed by atoms with Crippen molar-refractivity contribution in [2.45, 2.75) is 12.8 Å². The standard InChI is InChI=1S/C21H13F3N4O2S/c22-21(23,24)30-13-5-1-4-12(10-13)28-19-15(7-2-8-25-19)18-17(20(28)29)16(26-27-18)11-14-6-3-9-31-14/h1-10H,11H2,(H,26,27). The van der Waals surface area contributed by atoms with E-state index in [0.717, 1.165) is 10.9 Å². The molecule has 1 aromatic carbocycles. The molecule has 0 aliphatic heterocycles. The maximum Gasteiger partial charge on any atom is 0.573 e. The minimum Gasteiger partial charge on any atom is -0.406 e. The van der Waals surface area contributed by atoms with Crippen molar-refractivity contribution in [3.8, 4) is 11.4 Å². The van der Waals surface area contributed by atoms with Crippen molar-refractivity contribution in [2.24, 2.45) is 0 Å². The summed E-state index contributed by atoms with van der Waals surface area (Å²) in [4.78, 5) is 18.9. The first-order chi connectivity index (χ1) is 14.9. The third-order valence-electron chi connectivity index (χ3n) is 4.76. The number of rotatable bonds is 4. The molecule has 0 atom stereocenters. The van der Waals surface area contributed by atoms with Crippen molar-refractivity contribution in [2.75, 3.05) is 0 Å². The Morgan fingerprint density at radius 1 is 1.13 bits per heavy atom. The Hall–Kier alpha value is -3.66. The zero-order valence-electron chi connectivity index (χ0n) is 15.7. The molecule has 1 N–H and O–H groups in total. The maximum absolute atomic E-state index is 13.6. The third-order valence-corrected chi connectivity index (χ3v) is 5.63. The quantitative estimate of drug-likeness (QED) is 0.434. The van der Waals surface area contributed by atoms with Gasteiger partial charge in [-0.3, -0.25) is 14.5 Å². The van der Waals surface area contributed by atoms with Crippen molar-refractivity contribution in [3.05, 3.63) is 81.0 Å². The minimum absolute atomic E-state index is 0.209. The van der Waals surface area contributed by atoms with Gasteiger partial charge in [0.2, 0.25) is 0 Å². The fraction of sp³-hybridized carbons (Fsp3) is 0.0952. The van der Waals surface area contributed by atoms with Gasteiger partial charge in [0.15, 0.2) is 0 Å². The molecule has 0 saturated heterocycles. The van der Waals surface area contributed by atoms with Gasteiger partial charge < -0.3 is 4.74 Å². The normalized spacial score (nSPS) is 12.0. The average Bonchev–Trinajstić information content (AvgIpc) is 3.38. The van der Waals surface area contributed by atoms with Crippen LogP contribution in [0.5, 0.6) is 5.75 Å². The molecule has 0 aliphatic carbocycles. The first-order valence-electron chi connectivity index (χ1n) is 9.16. The van der Waals surface area contributed by atoms with E-state index in [-0.39, 0.29) is 5.69 Å². The highest BCUT2D eigenvalue weighted by Gasteiger charge is 2.31. The van der Waals surface area contributed by atoms with Crippen molar-refractivity contribution < 1.29 is 17.9 Å². The van der Waals surface area contributed by atoms with E-state index in [2.05, 4.69) is 19.9 Å². The van der Waals surface area contributed by atoms with E-state index in [1.807, 2.05) is 17.5 Å². The third kappa shape index (κ3) is 3.55. The van der Waals surface area contributed by atoms with Gasteiger partial charge in [0.05, 0.1) is 22.3 Å². The van der Waals surface area contributed by atoms with Gasteiger partial charge in [0.25, 0.3) is 5.56 Å². The van der Waals surface area contributed by atoms with Crippen LogP contribution in [0.2, 0.25) is 0 Å². The number of nitrogens with one attached hydrogen (secondary N) is 1. The number of pyridine rings is 2. The Morgan fingerprint density at radius 2 is 2.00 bits per heavy atom. The number of fused-ring (bicyclic) bond motifs is 3. The number of hydrogen-bond acceptors (Lipinski definition) is 5. The summed E-state index contributed by atoms with van der Waals surface area (Å²) in [5, 5.41) is 10.2. The van der Waals surface area contributed by atoms with Crippen molar-refractivity contribution in [1.29, 1.82) is 0 Å². The second kappa shape index (κ2) is 7.24. The second-order valence-corrected chi connectivity index (χ2v) is 7.77. The van der Waals surface area contributed by atoms with Gasteiger partial charge in [-0.15, -0.1) is 24.5 Å². The molecule has 31 heavy (non-hydrogen) atoms. The van der Waals surface area contributed by atoms with Crippen LogP contribution in [0.25, 0.3) is 27.6 Å². The number of nitrogens with zero attached hydrogens (tertiary/aromatic N) is 3. The van der Waals surface area contributed by atoms with E-state index in [4.69, 9.17) is 0 Å². The van der Waals surface area contributed by atoms with E-state index in [9.17, 15) is 18.0 Å². The lowest BCUT2D eigenvalue weighted by Gasteiger charge is -2.13. The van der Waals surface area contributed by atoms with Crippen LogP contribution in [-0.2, 0) is 6.42 Å². The molecule has 0 amide bonds. The number of hydrogen-bond donors (Lipinski definition) is 1. The fourth-order valence-corrected chi connectivity index (χ4v) is 4.26. The van der Waals surface area contributed by atoms with E-state index in [1.165, 1.54) is 29.0 Å². The Morgan fingerprint density at radius 3 is 2.77 bits per heavy atom. The molecule has 4 heterocycles. The van der Waals surface area contributed by atoms with Gasteiger partial charge in [0, 0.05) is 28.9 Å². The first kappa shape index (κ1) is 19.3. The van der Waals surface area contributed by atoms with Crippen LogP contribution in [0.3, 0.4) is 0 Å². The van der Waals surface area contributed by atoms with Gasteiger partial charge in [0.1, 0.15) is 11.4 Å². The summed E-state index contributed by atoms with van der Waals surface area (Å²) in [6, 6.07) is 12.6. The van der Waals surface area contributed by atoms with Crippen LogP contribution in [0.1, 0.15) is 10.6 Å². The largest absolute Gasteiger partial charge is 0.573 e. The molecule has 0 bridgehead atoms. The Bertz CT molecular complexity index is 1460. The number of thiophene rings is 1. The van der Waals surface area contributed by atoms with E-state index >= 15 is 0 Å². The molecule has 0 spiro atoms. The topological polar surface area (TPSA) is 72.8 Å². The van der Waals surface area contributed by atoms with Crippen LogP contribution >= 0.6 is 11.3 Å². The molecule has 5 aromatic rings. The van der Waals surface area contributed by atoms with Crippen molar-refractivity contribution in [3.63, 3.8) is 0 Å². The smallest absolute Gasteiger partial charge is 0.406 e. The lowest BCUT2D eigenvalue weighted by atomic mass is 10.1. The highest BCUT2D eigenvalue weighted by Crippen LogP contribution is 2.28. The van der Waals surface area contributed by atoms with Gasteiger partial charge >= 0.3 is 6.36 Å². The van der Waals surface area contributed by atoms with Gasteiger partial charge in [-0.05, 0) is 35.7 Å². The molecule has 0 unspecified atom stereocenters. The molecule has 4 aromatic heterocycles. The zero-order chi connectivity index (χ0) is 21.6. The number of alkyl halides is 3. The van der Waals surface area contributed by atoms with E-state index < -0.39 is 17.7 Å². The highest BCUT2D eigenvalue weighted by molar-refractivity contribution is 7.09. The van der Waals surface area contributed by atoms with Gasteiger partial charge in [-0.25, -0.2) is 4.98 Å². The summed E-state index contributed by atoms with van der Waals surface area (Å²) in [6.45, 7) is 0. The molecule has 6 nitrogen and oxygen atoms in total. The predicted octanol–water partition coefficient (Wildman–Crippen LogP) is 4.81. The monoisotopic (exact) mass is 442 g/mol. The Kier molecular flexibility index (Phi) is 4.51. The summed E-state index contributed by atoms with van der Waals surface area (Å²) < 4.78 is 43.4. The molecule has 10 heteroatoms. The lowest BCUT2D eigenvalue weighted by Crippen LogP contribution is -2.21. The summed E-state index contributed by atoms with van der Waals surface area (Å²) in [5.41, 5.74) is 1.19. The summed E-state index contributed by atoms with van der Waals surface area (Å²) in [5.74, 6) is -0.424. The summed E-state index contributed by atoms with van der Waals surface area (Å²) >= 11 is 1.55. The maximum atomic E-state index is 13.6. The van der Waals surface area contributed by atoms with Gasteiger partial charge in [-0.2, -0.15) is 5.10 Å². The molecule has 0 saturated carbocycles. The number of ether oxygens (including phenoxy) is 1. The highest BCUT2D eigenvalue weighted by atomic mass is 32.1. The van der Waals surface area contributed by atoms with Crippen LogP contribution in [0.15, 0.2) is 64.9 Å². The molecular weight excluding hydrogens is 429 g/mol. The molecule has 156 valence electrons. The minimum atomic E-state index is -4.84. The lowest BCUT2D eigenvalue weighted by molar-refractivity contribution is -0.274. The zero-order valence-corrected chi connectivity index (χ0v) is 16.5. The number of benzene rings is 1. The Balaban J connectivity index is 1.77. The Labute approximate surface area is 176 Å². The number of aromatic nitrogens is 4. The fourth-order valence-electron chi connectivity index (χ4n) is 3.55. The van der Waals surface area contributed by atoms with E-state index in [0.29, 0.717) is 34.1 Å². The second-order valence-electron chi connectivity index (χ2n) is 6.74. The summed E-state index contributed by atoms with van der Waals surface area (Å²) in [6.07, 6.45) is -2.87. The van der Waals surface area contributed by atoms with Crippen LogP contribution in [0.4, 0.5) is 13.2 Å². The van der Waals surface area contributed by atoms with Crippen LogP contribution in [0, 0.1) is 0 Å². The average molecular weight is 442 g/mol. The van der Waals surface area contributed by atoms with Crippen LogP contribution < -0.4 is 10.3 Å². The number of halogens is 3. The summed E-state index contributed by atoms with van der Waals surface area (Å²) in [7, 11) is 0. The first-order valence-corrected chi connectivity index (χ1v) is 10.0. The predicted molar refractivity (Wildman–Crippen MR) is 111 cm³/mol. The molecular formula is C21H13F3N4O2S. The number of aromatic amines is 1. The molecule has 0 radical (unpaired) electrons. The van der Waals surface area contributed by atoms with Crippen molar-refractivity contribution >= 4 is 33.3 Å². The van der Waals surface area contributed by atoms with Crippen molar-refractivity contribution in [1.82, 2.24) is 19.7 Å². The van der Waals surface area contributed by atoms with Crippen LogP contribution in [-0.4, -0.2) is 26.1 Å². The molecule has 0 fully saturated rings.